The van der Waals surface area contributed by atoms with Gasteiger partial charge in [-0.05, 0) is 26.0 Å². The zero-order valence-corrected chi connectivity index (χ0v) is 8.80. The van der Waals surface area contributed by atoms with Crippen LogP contribution in [0.25, 0.3) is 0 Å². The van der Waals surface area contributed by atoms with Crippen LogP contribution in [0.4, 0.5) is 13.2 Å². The molecule has 2 heterocycles. The van der Waals surface area contributed by atoms with Gasteiger partial charge in [0, 0.05) is 18.2 Å². The van der Waals surface area contributed by atoms with Gasteiger partial charge < -0.3 is 5.32 Å². The molecule has 1 N–H and O–H groups in total. The van der Waals surface area contributed by atoms with Crippen molar-refractivity contribution in [3.8, 4) is 0 Å². The third kappa shape index (κ3) is 2.32. The summed E-state index contributed by atoms with van der Waals surface area (Å²) in [4.78, 5) is 7.69. The summed E-state index contributed by atoms with van der Waals surface area (Å²) in [5.74, 6) is 0.304. The molecular formula is C10H12F3N3. The maximum Gasteiger partial charge on any atom is 0.433 e. The number of hydrogen-bond acceptors (Lipinski definition) is 3. The molecule has 88 valence electrons. The first-order valence-corrected chi connectivity index (χ1v) is 5.10. The van der Waals surface area contributed by atoms with Gasteiger partial charge in [0.25, 0.3) is 0 Å². The van der Waals surface area contributed by atoms with Crippen LogP contribution in [0.1, 0.15) is 29.6 Å². The molecule has 1 atom stereocenters. The van der Waals surface area contributed by atoms with Crippen molar-refractivity contribution in [3.05, 3.63) is 23.3 Å². The summed E-state index contributed by atoms with van der Waals surface area (Å²) >= 11 is 0. The van der Waals surface area contributed by atoms with E-state index in [1.807, 2.05) is 0 Å². The first-order chi connectivity index (χ1) is 7.47. The minimum atomic E-state index is -4.39. The second-order valence-electron chi connectivity index (χ2n) is 3.94. The Bertz CT molecular complexity index is 383. The Hall–Kier alpha value is -1.17. The quantitative estimate of drug-likeness (QED) is 0.801. The second-order valence-corrected chi connectivity index (χ2v) is 3.94. The van der Waals surface area contributed by atoms with Crippen LogP contribution >= 0.6 is 0 Å². The maximum atomic E-state index is 12.5. The molecular weight excluding hydrogens is 219 g/mol. The van der Waals surface area contributed by atoms with Gasteiger partial charge >= 0.3 is 6.18 Å². The molecule has 2 rings (SSSR count). The van der Waals surface area contributed by atoms with Gasteiger partial charge in [-0.25, -0.2) is 9.97 Å². The molecule has 1 aromatic rings. The van der Waals surface area contributed by atoms with Crippen LogP contribution in [0.5, 0.6) is 0 Å². The fraction of sp³-hybridized carbons (Fsp3) is 0.600. The summed E-state index contributed by atoms with van der Waals surface area (Å²) in [7, 11) is 0. The fourth-order valence-electron chi connectivity index (χ4n) is 1.79. The largest absolute Gasteiger partial charge is 0.433 e. The molecule has 16 heavy (non-hydrogen) atoms. The Labute approximate surface area is 91.1 Å². The van der Waals surface area contributed by atoms with Gasteiger partial charge in [-0.15, -0.1) is 0 Å². The monoisotopic (exact) mass is 231 g/mol. The number of alkyl halides is 3. The molecule has 0 spiro atoms. The number of aromatic nitrogens is 2. The Morgan fingerprint density at radius 1 is 1.38 bits per heavy atom. The van der Waals surface area contributed by atoms with E-state index in [0.29, 0.717) is 18.1 Å². The average molecular weight is 231 g/mol. The first-order valence-electron chi connectivity index (χ1n) is 5.10. The highest BCUT2D eigenvalue weighted by molar-refractivity contribution is 5.15. The second kappa shape index (κ2) is 4.01. The molecule has 1 aliphatic rings. The zero-order valence-electron chi connectivity index (χ0n) is 8.80. The number of aryl methyl sites for hydroxylation is 1. The van der Waals surface area contributed by atoms with Crippen molar-refractivity contribution in [1.82, 2.24) is 15.3 Å². The van der Waals surface area contributed by atoms with Gasteiger partial charge in [0.1, 0.15) is 11.5 Å². The highest BCUT2D eigenvalue weighted by atomic mass is 19.4. The molecule has 0 radical (unpaired) electrons. The summed E-state index contributed by atoms with van der Waals surface area (Å²) in [6.45, 7) is 3.02. The lowest BCUT2D eigenvalue weighted by Crippen LogP contribution is -2.15. The number of halogens is 3. The highest BCUT2D eigenvalue weighted by Gasteiger charge is 2.34. The van der Waals surface area contributed by atoms with Crippen molar-refractivity contribution in [2.45, 2.75) is 25.4 Å². The van der Waals surface area contributed by atoms with Crippen LogP contribution in [0.15, 0.2) is 6.07 Å². The van der Waals surface area contributed by atoms with E-state index in [-0.39, 0.29) is 5.92 Å². The van der Waals surface area contributed by atoms with E-state index < -0.39 is 11.9 Å². The van der Waals surface area contributed by atoms with Gasteiger partial charge in [-0.3, -0.25) is 0 Å². The predicted octanol–water partition coefficient (Wildman–Crippen LogP) is 1.88. The molecule has 1 fully saturated rings. The molecule has 1 aromatic heterocycles. The van der Waals surface area contributed by atoms with Gasteiger partial charge in [-0.1, -0.05) is 0 Å². The summed E-state index contributed by atoms with van der Waals surface area (Å²) < 4.78 is 37.6. The molecule has 1 saturated heterocycles. The Balaban J connectivity index is 2.35. The molecule has 0 aromatic carbocycles. The van der Waals surface area contributed by atoms with Gasteiger partial charge in [0.2, 0.25) is 0 Å². The van der Waals surface area contributed by atoms with Gasteiger partial charge in [-0.2, -0.15) is 13.2 Å². The van der Waals surface area contributed by atoms with Crippen molar-refractivity contribution in [2.24, 2.45) is 0 Å². The molecule has 3 nitrogen and oxygen atoms in total. The molecule has 0 unspecified atom stereocenters. The van der Waals surface area contributed by atoms with Gasteiger partial charge in [0.05, 0.1) is 0 Å². The molecule has 0 amide bonds. The molecule has 0 bridgehead atoms. The zero-order chi connectivity index (χ0) is 11.8. The minimum Gasteiger partial charge on any atom is -0.316 e. The normalized spacial score (nSPS) is 21.4. The Kier molecular flexibility index (Phi) is 2.84. The summed E-state index contributed by atoms with van der Waals surface area (Å²) in [6.07, 6.45) is -3.60. The van der Waals surface area contributed by atoms with E-state index in [4.69, 9.17) is 0 Å². The van der Waals surface area contributed by atoms with E-state index in [1.165, 1.54) is 0 Å². The van der Waals surface area contributed by atoms with Crippen LogP contribution < -0.4 is 5.32 Å². The average Bonchev–Trinajstić information content (AvgIpc) is 2.68. The van der Waals surface area contributed by atoms with Crippen LogP contribution in [0.3, 0.4) is 0 Å². The van der Waals surface area contributed by atoms with E-state index >= 15 is 0 Å². The van der Waals surface area contributed by atoms with Gasteiger partial charge in [0.15, 0.2) is 0 Å². The van der Waals surface area contributed by atoms with Crippen molar-refractivity contribution in [1.29, 1.82) is 0 Å². The summed E-state index contributed by atoms with van der Waals surface area (Å²) in [5.41, 5.74) is -0.480. The van der Waals surface area contributed by atoms with Crippen molar-refractivity contribution < 1.29 is 13.2 Å². The first kappa shape index (κ1) is 11.3. The molecule has 6 heteroatoms. The number of nitrogens with zero attached hydrogens (tertiary/aromatic N) is 2. The third-order valence-electron chi connectivity index (χ3n) is 2.59. The molecule has 0 saturated carbocycles. The van der Waals surface area contributed by atoms with E-state index in [0.717, 1.165) is 19.0 Å². The fourth-order valence-corrected chi connectivity index (χ4v) is 1.79. The van der Waals surface area contributed by atoms with Crippen LogP contribution in [0.2, 0.25) is 0 Å². The number of hydrogen-bond donors (Lipinski definition) is 1. The summed E-state index contributed by atoms with van der Waals surface area (Å²) in [6, 6.07) is 0.978. The highest BCUT2D eigenvalue weighted by Crippen LogP contribution is 2.29. The lowest BCUT2D eigenvalue weighted by molar-refractivity contribution is -0.141. The van der Waals surface area contributed by atoms with Crippen molar-refractivity contribution >= 4 is 0 Å². The molecule has 1 aliphatic heterocycles. The smallest absolute Gasteiger partial charge is 0.316 e. The number of rotatable bonds is 1. The predicted molar refractivity (Wildman–Crippen MR) is 52.0 cm³/mol. The lowest BCUT2D eigenvalue weighted by Gasteiger charge is -2.11. The topological polar surface area (TPSA) is 37.8 Å². The van der Waals surface area contributed by atoms with Crippen LogP contribution in [0, 0.1) is 6.92 Å². The summed E-state index contributed by atoms with van der Waals surface area (Å²) in [5, 5.41) is 3.09. The van der Waals surface area contributed by atoms with Crippen LogP contribution in [-0.4, -0.2) is 23.1 Å². The Morgan fingerprint density at radius 3 is 2.69 bits per heavy atom. The minimum absolute atomic E-state index is 0.000926. The van der Waals surface area contributed by atoms with Crippen molar-refractivity contribution in [2.75, 3.05) is 13.1 Å². The third-order valence-corrected chi connectivity index (χ3v) is 2.59. The molecule has 0 aliphatic carbocycles. The standard InChI is InChI=1S/C10H12F3N3/c1-6-4-8(10(11,12)13)16-9(15-6)7-2-3-14-5-7/h4,7,14H,2-3,5H2,1H3/t7-/m0/s1. The maximum absolute atomic E-state index is 12.5. The number of nitrogens with one attached hydrogen (secondary N) is 1. The van der Waals surface area contributed by atoms with Crippen LogP contribution in [-0.2, 0) is 6.18 Å². The van der Waals surface area contributed by atoms with E-state index in [2.05, 4.69) is 15.3 Å². The lowest BCUT2D eigenvalue weighted by atomic mass is 10.1. The van der Waals surface area contributed by atoms with Crippen molar-refractivity contribution in [3.63, 3.8) is 0 Å². The SMILES string of the molecule is Cc1cc(C(F)(F)F)nc([C@H]2CCNC2)n1. The van der Waals surface area contributed by atoms with E-state index in [1.54, 1.807) is 6.92 Å². The van der Waals surface area contributed by atoms with E-state index in [9.17, 15) is 13.2 Å². The Morgan fingerprint density at radius 2 is 2.12 bits per heavy atom.